The topological polar surface area (TPSA) is 26.7 Å². The minimum atomic E-state index is -0.376. The molecule has 1 N–H and O–H groups in total. The monoisotopic (exact) mass is 266 g/mol. The lowest BCUT2D eigenvalue weighted by atomic mass is 10.1. The molecular formula is C15H23FN2O. The van der Waals surface area contributed by atoms with Crippen LogP contribution in [0.3, 0.4) is 0 Å². The van der Waals surface area contributed by atoms with Gasteiger partial charge < -0.3 is 10.0 Å². The van der Waals surface area contributed by atoms with E-state index < -0.39 is 0 Å². The Morgan fingerprint density at radius 2 is 2.21 bits per heavy atom. The third kappa shape index (κ3) is 3.91. The molecule has 1 fully saturated rings. The zero-order valence-corrected chi connectivity index (χ0v) is 11.8. The molecule has 1 aromatic rings. The summed E-state index contributed by atoms with van der Waals surface area (Å²) in [6.07, 6.45) is 2.51. The first kappa shape index (κ1) is 14.3. The molecule has 106 valence electrons. The number of benzene rings is 1. The maximum absolute atomic E-state index is 13.2. The van der Waals surface area contributed by atoms with Crippen LogP contribution in [0.25, 0.3) is 0 Å². The van der Waals surface area contributed by atoms with Gasteiger partial charge in [-0.1, -0.05) is 6.92 Å². The summed E-state index contributed by atoms with van der Waals surface area (Å²) in [5, 5.41) is 9.40. The van der Waals surface area contributed by atoms with Gasteiger partial charge in [0.1, 0.15) is 11.6 Å². The molecule has 1 heterocycles. The lowest BCUT2D eigenvalue weighted by molar-refractivity contribution is 0.194. The number of rotatable bonds is 5. The number of aromatic hydroxyl groups is 1. The van der Waals surface area contributed by atoms with Crippen molar-refractivity contribution in [3.63, 3.8) is 0 Å². The van der Waals surface area contributed by atoms with Crippen molar-refractivity contribution in [1.82, 2.24) is 9.80 Å². The van der Waals surface area contributed by atoms with Gasteiger partial charge in [0.15, 0.2) is 0 Å². The predicted molar refractivity (Wildman–Crippen MR) is 74.7 cm³/mol. The summed E-state index contributed by atoms with van der Waals surface area (Å²) in [5.41, 5.74) is 0.820. The molecule has 1 aliphatic heterocycles. The van der Waals surface area contributed by atoms with Crippen molar-refractivity contribution < 1.29 is 9.50 Å². The number of hydrogen-bond donors (Lipinski definition) is 1. The molecule has 1 aliphatic rings. The second kappa shape index (κ2) is 6.35. The van der Waals surface area contributed by atoms with Crippen molar-refractivity contribution >= 4 is 0 Å². The van der Waals surface area contributed by atoms with Crippen molar-refractivity contribution in [2.45, 2.75) is 32.4 Å². The minimum absolute atomic E-state index is 0.000508. The fourth-order valence-electron chi connectivity index (χ4n) is 2.98. The Hall–Kier alpha value is -1.13. The standard InChI is InChI=1S/C15H23FN2O/c1-3-18-6-4-5-14(18)11-17(2)10-12-7-13(16)9-15(19)8-12/h7-9,14,19H,3-6,10-11H2,1-2H3. The third-order valence-electron chi connectivity index (χ3n) is 3.82. The molecular weight excluding hydrogens is 243 g/mol. The SMILES string of the molecule is CCN1CCCC1CN(C)Cc1cc(O)cc(F)c1. The lowest BCUT2D eigenvalue weighted by Gasteiger charge is -2.27. The normalized spacial score (nSPS) is 20.3. The van der Waals surface area contributed by atoms with E-state index in [0.29, 0.717) is 12.6 Å². The van der Waals surface area contributed by atoms with Gasteiger partial charge in [-0.2, -0.15) is 0 Å². The Labute approximate surface area is 114 Å². The molecule has 0 spiro atoms. The minimum Gasteiger partial charge on any atom is -0.508 e. The zero-order valence-electron chi connectivity index (χ0n) is 11.8. The average Bonchev–Trinajstić information content (AvgIpc) is 2.74. The number of phenolic OH excluding ortho intramolecular Hbond substituents is 1. The van der Waals surface area contributed by atoms with Crippen LogP contribution in [0.1, 0.15) is 25.3 Å². The van der Waals surface area contributed by atoms with Crippen LogP contribution >= 0.6 is 0 Å². The van der Waals surface area contributed by atoms with E-state index in [2.05, 4.69) is 16.7 Å². The number of phenols is 1. The molecule has 1 unspecified atom stereocenters. The van der Waals surface area contributed by atoms with Gasteiger partial charge in [0.05, 0.1) is 0 Å². The molecule has 0 aliphatic carbocycles. The molecule has 19 heavy (non-hydrogen) atoms. The summed E-state index contributed by atoms with van der Waals surface area (Å²) in [4.78, 5) is 4.70. The van der Waals surface area contributed by atoms with Gasteiger partial charge in [-0.3, -0.25) is 4.90 Å². The van der Waals surface area contributed by atoms with Crippen LogP contribution in [0.2, 0.25) is 0 Å². The summed E-state index contributed by atoms with van der Waals surface area (Å²) >= 11 is 0. The molecule has 0 amide bonds. The van der Waals surface area contributed by atoms with Crippen LogP contribution < -0.4 is 0 Å². The van der Waals surface area contributed by atoms with Gasteiger partial charge >= 0.3 is 0 Å². The maximum atomic E-state index is 13.2. The average molecular weight is 266 g/mol. The first-order valence-electron chi connectivity index (χ1n) is 6.99. The van der Waals surface area contributed by atoms with Gasteiger partial charge in [0.2, 0.25) is 0 Å². The van der Waals surface area contributed by atoms with E-state index in [0.717, 1.165) is 24.7 Å². The molecule has 1 saturated heterocycles. The van der Waals surface area contributed by atoms with Crippen molar-refractivity contribution in [2.24, 2.45) is 0 Å². The van der Waals surface area contributed by atoms with Gasteiger partial charge in [0.25, 0.3) is 0 Å². The van der Waals surface area contributed by atoms with Crippen molar-refractivity contribution in [3.8, 4) is 5.75 Å². The van der Waals surface area contributed by atoms with Gasteiger partial charge in [-0.05, 0) is 50.7 Å². The largest absolute Gasteiger partial charge is 0.508 e. The van der Waals surface area contributed by atoms with Crippen molar-refractivity contribution in [2.75, 3.05) is 26.7 Å². The van der Waals surface area contributed by atoms with Crippen molar-refractivity contribution in [1.29, 1.82) is 0 Å². The second-order valence-corrected chi connectivity index (χ2v) is 5.44. The molecule has 0 saturated carbocycles. The molecule has 1 aromatic carbocycles. The van der Waals surface area contributed by atoms with Crippen LogP contribution in [0.15, 0.2) is 18.2 Å². The van der Waals surface area contributed by atoms with E-state index in [-0.39, 0.29) is 11.6 Å². The highest BCUT2D eigenvalue weighted by Gasteiger charge is 2.23. The molecule has 2 rings (SSSR count). The Kier molecular flexibility index (Phi) is 4.77. The first-order chi connectivity index (χ1) is 9.08. The molecule has 0 radical (unpaired) electrons. The van der Waals surface area contributed by atoms with Crippen LogP contribution in [0.4, 0.5) is 4.39 Å². The molecule has 0 bridgehead atoms. The Bertz CT molecular complexity index is 404. The summed E-state index contributed by atoms with van der Waals surface area (Å²) < 4.78 is 13.2. The fraction of sp³-hybridized carbons (Fsp3) is 0.600. The van der Waals surface area contributed by atoms with E-state index in [1.165, 1.54) is 25.5 Å². The van der Waals surface area contributed by atoms with E-state index >= 15 is 0 Å². The Balaban J connectivity index is 1.91. The van der Waals surface area contributed by atoms with E-state index in [1.807, 2.05) is 7.05 Å². The molecule has 3 nitrogen and oxygen atoms in total. The predicted octanol–water partition coefficient (Wildman–Crippen LogP) is 2.45. The molecule has 4 heteroatoms. The highest BCUT2D eigenvalue weighted by atomic mass is 19.1. The van der Waals surface area contributed by atoms with Gasteiger partial charge in [-0.15, -0.1) is 0 Å². The summed E-state index contributed by atoms with van der Waals surface area (Å²) in [6.45, 7) is 6.14. The zero-order chi connectivity index (χ0) is 13.8. The van der Waals surface area contributed by atoms with Crippen LogP contribution in [-0.2, 0) is 6.54 Å². The number of hydrogen-bond acceptors (Lipinski definition) is 3. The van der Waals surface area contributed by atoms with E-state index in [9.17, 15) is 9.50 Å². The van der Waals surface area contributed by atoms with Gasteiger partial charge in [-0.25, -0.2) is 4.39 Å². The number of likely N-dealkylation sites (tertiary alicyclic amines) is 1. The smallest absolute Gasteiger partial charge is 0.127 e. The third-order valence-corrected chi connectivity index (χ3v) is 3.82. The second-order valence-electron chi connectivity index (χ2n) is 5.44. The van der Waals surface area contributed by atoms with E-state index in [4.69, 9.17) is 0 Å². The summed E-state index contributed by atoms with van der Waals surface area (Å²) in [7, 11) is 2.05. The number of likely N-dealkylation sites (N-methyl/N-ethyl adjacent to an activating group) is 2. The van der Waals surface area contributed by atoms with Crippen molar-refractivity contribution in [3.05, 3.63) is 29.6 Å². The lowest BCUT2D eigenvalue weighted by Crippen LogP contribution is -2.38. The summed E-state index contributed by atoms with van der Waals surface area (Å²) in [5.74, 6) is -0.376. The fourth-order valence-corrected chi connectivity index (χ4v) is 2.98. The Morgan fingerprint density at radius 1 is 1.42 bits per heavy atom. The summed E-state index contributed by atoms with van der Waals surface area (Å²) in [6, 6.07) is 4.87. The van der Waals surface area contributed by atoms with Crippen LogP contribution in [0, 0.1) is 5.82 Å². The highest BCUT2D eigenvalue weighted by molar-refractivity contribution is 5.28. The molecule has 0 aromatic heterocycles. The Morgan fingerprint density at radius 3 is 2.89 bits per heavy atom. The quantitative estimate of drug-likeness (QED) is 0.887. The van der Waals surface area contributed by atoms with E-state index in [1.54, 1.807) is 6.07 Å². The van der Waals surface area contributed by atoms with Gasteiger partial charge in [0, 0.05) is 25.2 Å². The maximum Gasteiger partial charge on any atom is 0.127 e. The number of halogens is 1. The number of nitrogens with zero attached hydrogens (tertiary/aromatic N) is 2. The first-order valence-corrected chi connectivity index (χ1v) is 6.99. The van der Waals surface area contributed by atoms with Crippen LogP contribution in [0.5, 0.6) is 5.75 Å². The molecule has 1 atom stereocenters. The van der Waals surface area contributed by atoms with Crippen LogP contribution in [-0.4, -0.2) is 47.6 Å². The highest BCUT2D eigenvalue weighted by Crippen LogP contribution is 2.19.